The first kappa shape index (κ1) is 13.8. The van der Waals surface area contributed by atoms with Gasteiger partial charge in [-0.2, -0.15) is 0 Å². The number of ether oxygens (including phenoxy) is 1. The van der Waals surface area contributed by atoms with E-state index in [2.05, 4.69) is 9.72 Å². The van der Waals surface area contributed by atoms with E-state index in [1.807, 2.05) is 43.3 Å². The normalized spacial score (nSPS) is 11.2. The van der Waals surface area contributed by atoms with Crippen molar-refractivity contribution < 1.29 is 9.53 Å². The lowest BCUT2D eigenvalue weighted by Crippen LogP contribution is -2.04. The Morgan fingerprint density at radius 1 is 1.25 bits per heavy atom. The molecule has 0 aliphatic carbocycles. The summed E-state index contributed by atoms with van der Waals surface area (Å²) in [5, 5.41) is 0. The maximum Gasteiger partial charge on any atom is 0.339 e. The molecule has 0 saturated carbocycles. The number of pyridine rings is 1. The van der Waals surface area contributed by atoms with Crippen molar-refractivity contribution in [3.05, 3.63) is 59.3 Å². The first-order chi connectivity index (χ1) is 9.61. The largest absolute Gasteiger partial charge is 0.465 e. The lowest BCUT2D eigenvalue weighted by molar-refractivity contribution is 0.0600. The third-order valence-corrected chi connectivity index (χ3v) is 2.97. The molecule has 0 bridgehead atoms. The molecule has 0 aliphatic heterocycles. The number of rotatable bonds is 3. The van der Waals surface area contributed by atoms with Crippen molar-refractivity contribution in [2.75, 3.05) is 12.8 Å². The van der Waals surface area contributed by atoms with E-state index in [-0.39, 0.29) is 0 Å². The van der Waals surface area contributed by atoms with Crippen LogP contribution < -0.4 is 5.73 Å². The van der Waals surface area contributed by atoms with Crippen LogP contribution in [0.1, 0.15) is 28.4 Å². The molecule has 2 rings (SSSR count). The summed E-state index contributed by atoms with van der Waals surface area (Å²) < 4.78 is 4.68. The maximum atomic E-state index is 11.5. The van der Waals surface area contributed by atoms with E-state index in [1.165, 1.54) is 13.3 Å². The Hall–Kier alpha value is -2.62. The molecule has 2 aromatic rings. The summed E-state index contributed by atoms with van der Waals surface area (Å²) in [5.41, 5.74) is 9.07. The van der Waals surface area contributed by atoms with Gasteiger partial charge in [0.05, 0.1) is 12.7 Å². The first-order valence-corrected chi connectivity index (χ1v) is 6.19. The minimum absolute atomic E-state index is 0.382. The zero-order valence-electron chi connectivity index (χ0n) is 11.5. The third-order valence-electron chi connectivity index (χ3n) is 2.97. The van der Waals surface area contributed by atoms with Gasteiger partial charge in [0, 0.05) is 11.8 Å². The number of hydrogen-bond acceptors (Lipinski definition) is 4. The van der Waals surface area contributed by atoms with E-state index in [0.29, 0.717) is 16.9 Å². The number of nitrogen functional groups attached to an aromatic ring is 1. The van der Waals surface area contributed by atoms with E-state index < -0.39 is 5.97 Å². The van der Waals surface area contributed by atoms with Crippen LogP contribution in [0.25, 0.3) is 11.6 Å². The van der Waals surface area contributed by atoms with Crippen molar-refractivity contribution in [2.45, 2.75) is 6.92 Å². The van der Waals surface area contributed by atoms with Gasteiger partial charge in [-0.05, 0) is 30.2 Å². The predicted octanol–water partition coefficient (Wildman–Crippen LogP) is 3.01. The molecule has 102 valence electrons. The summed E-state index contributed by atoms with van der Waals surface area (Å²) >= 11 is 0. The Morgan fingerprint density at radius 2 is 1.95 bits per heavy atom. The molecule has 1 aromatic heterocycles. The van der Waals surface area contributed by atoms with Crippen LogP contribution in [-0.4, -0.2) is 18.1 Å². The van der Waals surface area contributed by atoms with Gasteiger partial charge in [0.25, 0.3) is 0 Å². The summed E-state index contributed by atoms with van der Waals surface area (Å²) in [5.74, 6) is -0.0440. The number of aromatic nitrogens is 1. The molecular formula is C16H16N2O2. The highest BCUT2D eigenvalue weighted by Crippen LogP contribution is 2.21. The number of esters is 1. The molecule has 1 aromatic carbocycles. The third kappa shape index (κ3) is 3.03. The van der Waals surface area contributed by atoms with Gasteiger partial charge in [0.15, 0.2) is 0 Å². The summed E-state index contributed by atoms with van der Waals surface area (Å²) in [6.07, 6.45) is 3.32. The van der Waals surface area contributed by atoms with Crippen molar-refractivity contribution in [3.8, 4) is 0 Å². The van der Waals surface area contributed by atoms with Gasteiger partial charge in [-0.15, -0.1) is 0 Å². The summed E-state index contributed by atoms with van der Waals surface area (Å²) in [6.45, 7) is 1.99. The summed E-state index contributed by atoms with van der Waals surface area (Å²) in [6, 6.07) is 11.6. The number of allylic oxidation sites excluding steroid dienone is 1. The van der Waals surface area contributed by atoms with Crippen LogP contribution in [0.4, 0.5) is 5.82 Å². The molecule has 4 heteroatoms. The number of carbonyl (C=O) groups is 1. The van der Waals surface area contributed by atoms with Gasteiger partial charge in [0.2, 0.25) is 0 Å². The second-order valence-corrected chi connectivity index (χ2v) is 4.38. The topological polar surface area (TPSA) is 65.2 Å². The molecule has 0 unspecified atom stereocenters. The number of nitrogens with two attached hydrogens (primary N) is 1. The van der Waals surface area contributed by atoms with E-state index in [4.69, 9.17) is 5.73 Å². The fraction of sp³-hybridized carbons (Fsp3) is 0.125. The molecule has 0 spiro atoms. The lowest BCUT2D eigenvalue weighted by Gasteiger charge is -2.06. The smallest absolute Gasteiger partial charge is 0.339 e. The van der Waals surface area contributed by atoms with E-state index in [9.17, 15) is 4.79 Å². The number of carbonyl (C=O) groups excluding carboxylic acids is 1. The fourth-order valence-electron chi connectivity index (χ4n) is 1.86. The highest BCUT2D eigenvalue weighted by atomic mass is 16.5. The number of methoxy groups -OCH3 is 1. The number of hydrogen-bond donors (Lipinski definition) is 1. The molecule has 20 heavy (non-hydrogen) atoms. The average Bonchev–Trinajstić information content (AvgIpc) is 2.49. The Bertz CT molecular complexity index is 649. The molecule has 0 fully saturated rings. The number of anilines is 1. The van der Waals surface area contributed by atoms with Gasteiger partial charge in [0.1, 0.15) is 5.82 Å². The Labute approximate surface area is 117 Å². The second kappa shape index (κ2) is 6.02. The van der Waals surface area contributed by atoms with Crippen molar-refractivity contribution in [1.29, 1.82) is 0 Å². The van der Waals surface area contributed by atoms with Crippen LogP contribution in [0.15, 0.2) is 42.6 Å². The van der Waals surface area contributed by atoms with Crippen molar-refractivity contribution >= 4 is 23.4 Å². The first-order valence-electron chi connectivity index (χ1n) is 6.19. The summed E-state index contributed by atoms with van der Waals surface area (Å²) in [7, 11) is 1.34. The fourth-order valence-corrected chi connectivity index (χ4v) is 1.86. The molecule has 0 saturated heterocycles. The molecule has 0 atom stereocenters. The quantitative estimate of drug-likeness (QED) is 0.869. The van der Waals surface area contributed by atoms with E-state index >= 15 is 0 Å². The van der Waals surface area contributed by atoms with Crippen molar-refractivity contribution in [3.63, 3.8) is 0 Å². The van der Waals surface area contributed by atoms with Crippen LogP contribution in [0.3, 0.4) is 0 Å². The highest BCUT2D eigenvalue weighted by molar-refractivity contribution is 5.91. The Kier molecular flexibility index (Phi) is 4.15. The van der Waals surface area contributed by atoms with Crippen LogP contribution in [-0.2, 0) is 4.74 Å². The monoisotopic (exact) mass is 268 g/mol. The van der Waals surface area contributed by atoms with Gasteiger partial charge in [-0.1, -0.05) is 30.3 Å². The Balaban J connectivity index is 2.40. The van der Waals surface area contributed by atoms with Gasteiger partial charge in [-0.25, -0.2) is 9.78 Å². The zero-order valence-corrected chi connectivity index (χ0v) is 11.5. The van der Waals surface area contributed by atoms with Crippen molar-refractivity contribution in [1.82, 2.24) is 4.98 Å². The average molecular weight is 268 g/mol. The molecule has 4 nitrogen and oxygen atoms in total. The van der Waals surface area contributed by atoms with Crippen LogP contribution >= 0.6 is 0 Å². The van der Waals surface area contributed by atoms with Gasteiger partial charge < -0.3 is 10.5 Å². The van der Waals surface area contributed by atoms with Gasteiger partial charge in [-0.3, -0.25) is 0 Å². The molecule has 2 N–H and O–H groups in total. The van der Waals surface area contributed by atoms with Gasteiger partial charge >= 0.3 is 5.97 Å². The number of benzene rings is 1. The minimum atomic E-state index is -0.426. The summed E-state index contributed by atoms with van der Waals surface area (Å²) in [4.78, 5) is 15.5. The van der Waals surface area contributed by atoms with Crippen LogP contribution in [0.2, 0.25) is 0 Å². The molecular weight excluding hydrogens is 252 g/mol. The lowest BCUT2D eigenvalue weighted by atomic mass is 10.0. The maximum absolute atomic E-state index is 11.5. The molecule has 0 amide bonds. The predicted molar refractivity (Wildman–Crippen MR) is 80.0 cm³/mol. The van der Waals surface area contributed by atoms with Crippen LogP contribution in [0, 0.1) is 0 Å². The highest BCUT2D eigenvalue weighted by Gasteiger charge is 2.08. The molecule has 0 radical (unpaired) electrons. The van der Waals surface area contributed by atoms with E-state index in [0.717, 1.165) is 11.1 Å². The second-order valence-electron chi connectivity index (χ2n) is 4.38. The number of nitrogens with zero attached hydrogens (tertiary/aromatic N) is 1. The SMILES string of the molecule is COC(=O)c1cnc(N)c(/C=C(\C)c2ccccc2)c1. The standard InChI is InChI=1S/C16H16N2O2/c1-11(12-6-4-3-5-7-12)8-13-9-14(16(19)20-2)10-18-15(13)17/h3-10H,1-2H3,(H2,17,18)/b11-8+. The Morgan fingerprint density at radius 3 is 2.60 bits per heavy atom. The van der Waals surface area contributed by atoms with E-state index in [1.54, 1.807) is 6.07 Å². The molecule has 0 aliphatic rings. The molecule has 1 heterocycles. The van der Waals surface area contributed by atoms with Crippen LogP contribution in [0.5, 0.6) is 0 Å². The minimum Gasteiger partial charge on any atom is -0.465 e. The zero-order chi connectivity index (χ0) is 14.5. The van der Waals surface area contributed by atoms with Crippen molar-refractivity contribution in [2.24, 2.45) is 0 Å².